The lowest BCUT2D eigenvalue weighted by Crippen LogP contribution is -2.26. The SMILES string of the molecule is CON(C)S(=O)(=O)c1cccc(C(=O)Oc2ccc(C(C)=O)cc2)c1. The Labute approximate surface area is 145 Å². The van der Waals surface area contributed by atoms with Gasteiger partial charge in [0.1, 0.15) is 5.75 Å². The second-order valence-electron chi connectivity index (χ2n) is 5.10. The summed E-state index contributed by atoms with van der Waals surface area (Å²) in [5.41, 5.74) is 0.566. The number of rotatable bonds is 6. The fourth-order valence-corrected chi connectivity index (χ4v) is 2.97. The van der Waals surface area contributed by atoms with Crippen molar-refractivity contribution in [2.45, 2.75) is 11.8 Å². The fourth-order valence-electron chi connectivity index (χ4n) is 1.95. The minimum atomic E-state index is -3.87. The Morgan fingerprint density at radius 1 is 1.00 bits per heavy atom. The average Bonchev–Trinajstić information content (AvgIpc) is 2.61. The maximum absolute atomic E-state index is 12.2. The molecule has 0 atom stereocenters. The summed E-state index contributed by atoms with van der Waals surface area (Å²) in [5.74, 6) is -0.567. The van der Waals surface area contributed by atoms with Crippen LogP contribution in [0.15, 0.2) is 53.4 Å². The van der Waals surface area contributed by atoms with Gasteiger partial charge in [-0.1, -0.05) is 10.5 Å². The van der Waals surface area contributed by atoms with Gasteiger partial charge in [0.15, 0.2) is 5.78 Å². The number of ketones is 1. The fraction of sp³-hybridized carbons (Fsp3) is 0.176. The van der Waals surface area contributed by atoms with Crippen molar-refractivity contribution >= 4 is 21.8 Å². The van der Waals surface area contributed by atoms with Crippen LogP contribution >= 0.6 is 0 Å². The van der Waals surface area contributed by atoms with E-state index in [2.05, 4.69) is 0 Å². The van der Waals surface area contributed by atoms with Crippen LogP contribution in [0.1, 0.15) is 27.6 Å². The second kappa shape index (κ2) is 7.56. The molecule has 0 amide bonds. The molecule has 25 heavy (non-hydrogen) atoms. The molecule has 0 aromatic heterocycles. The standard InChI is InChI=1S/C17H17NO6S/c1-12(19)13-7-9-15(10-8-13)24-17(20)14-5-4-6-16(11-14)25(21,22)18(2)23-3/h4-11H,1-3H3. The number of nitrogens with zero attached hydrogens (tertiary/aromatic N) is 1. The molecular formula is C17H17NO6S. The first-order valence-electron chi connectivity index (χ1n) is 7.22. The zero-order valence-electron chi connectivity index (χ0n) is 13.9. The van der Waals surface area contributed by atoms with Gasteiger partial charge in [0.2, 0.25) is 0 Å². The molecule has 8 heteroatoms. The molecule has 0 aliphatic carbocycles. The van der Waals surface area contributed by atoms with Crippen LogP contribution in [0, 0.1) is 0 Å². The number of Topliss-reactive ketones (excluding diaryl/α,β-unsaturated/α-hetero) is 1. The van der Waals surface area contributed by atoms with Crippen LogP contribution < -0.4 is 4.74 Å². The molecule has 0 saturated heterocycles. The van der Waals surface area contributed by atoms with E-state index in [1.807, 2.05) is 0 Å². The largest absolute Gasteiger partial charge is 0.423 e. The number of carbonyl (C=O) groups is 2. The molecule has 7 nitrogen and oxygen atoms in total. The average molecular weight is 363 g/mol. The minimum absolute atomic E-state index is 0.0706. The van der Waals surface area contributed by atoms with Crippen molar-refractivity contribution in [1.29, 1.82) is 0 Å². The van der Waals surface area contributed by atoms with Gasteiger partial charge in [-0.15, -0.1) is 0 Å². The zero-order valence-corrected chi connectivity index (χ0v) is 14.7. The molecule has 0 unspecified atom stereocenters. The van der Waals surface area contributed by atoms with E-state index in [0.717, 1.165) is 0 Å². The summed E-state index contributed by atoms with van der Waals surface area (Å²) >= 11 is 0. The smallest absolute Gasteiger partial charge is 0.343 e. The van der Waals surface area contributed by atoms with Crippen molar-refractivity contribution in [2.75, 3.05) is 14.2 Å². The number of esters is 1. The predicted molar refractivity (Wildman–Crippen MR) is 89.8 cm³/mol. The maximum Gasteiger partial charge on any atom is 0.343 e. The van der Waals surface area contributed by atoms with Crippen molar-refractivity contribution in [3.8, 4) is 5.75 Å². The van der Waals surface area contributed by atoms with Gasteiger partial charge < -0.3 is 4.74 Å². The van der Waals surface area contributed by atoms with Crippen molar-refractivity contribution in [1.82, 2.24) is 4.47 Å². The van der Waals surface area contributed by atoms with E-state index in [0.29, 0.717) is 10.0 Å². The molecule has 0 fully saturated rings. The van der Waals surface area contributed by atoms with Crippen LogP contribution in [0.2, 0.25) is 0 Å². The molecule has 0 aliphatic rings. The monoisotopic (exact) mass is 363 g/mol. The summed E-state index contributed by atoms with van der Waals surface area (Å²) < 4.78 is 30.3. The van der Waals surface area contributed by atoms with E-state index in [1.54, 1.807) is 12.1 Å². The minimum Gasteiger partial charge on any atom is -0.423 e. The second-order valence-corrected chi connectivity index (χ2v) is 7.03. The number of sulfonamides is 1. The van der Waals surface area contributed by atoms with E-state index < -0.39 is 16.0 Å². The van der Waals surface area contributed by atoms with Gasteiger partial charge in [-0.05, 0) is 49.4 Å². The van der Waals surface area contributed by atoms with Gasteiger partial charge in [0, 0.05) is 12.6 Å². The van der Waals surface area contributed by atoms with Gasteiger partial charge in [-0.25, -0.2) is 13.2 Å². The third-order valence-electron chi connectivity index (χ3n) is 3.43. The molecule has 132 valence electrons. The first-order chi connectivity index (χ1) is 11.8. The van der Waals surface area contributed by atoms with E-state index in [-0.39, 0.29) is 22.0 Å². The maximum atomic E-state index is 12.2. The molecule has 2 aromatic rings. The summed E-state index contributed by atoms with van der Waals surface area (Å²) in [6, 6.07) is 11.5. The molecule has 0 heterocycles. The lowest BCUT2D eigenvalue weighted by atomic mass is 10.1. The topological polar surface area (TPSA) is 90.0 Å². The Kier molecular flexibility index (Phi) is 5.68. The van der Waals surface area contributed by atoms with Gasteiger partial charge in [0.05, 0.1) is 17.6 Å². The number of ether oxygens (including phenoxy) is 1. The number of carbonyl (C=O) groups excluding carboxylic acids is 2. The highest BCUT2D eigenvalue weighted by Gasteiger charge is 2.22. The van der Waals surface area contributed by atoms with Gasteiger partial charge in [0.25, 0.3) is 10.0 Å². The van der Waals surface area contributed by atoms with Crippen molar-refractivity contribution in [3.63, 3.8) is 0 Å². The van der Waals surface area contributed by atoms with Crippen molar-refractivity contribution < 1.29 is 27.6 Å². The Bertz CT molecular complexity index is 890. The van der Waals surface area contributed by atoms with Crippen LogP contribution in [0.5, 0.6) is 5.75 Å². The van der Waals surface area contributed by atoms with Crippen LogP contribution in [0.4, 0.5) is 0 Å². The molecule has 0 spiro atoms. The number of hydrogen-bond donors (Lipinski definition) is 0. The first kappa shape index (κ1) is 18.8. The van der Waals surface area contributed by atoms with E-state index in [9.17, 15) is 18.0 Å². The van der Waals surface area contributed by atoms with Crippen LogP contribution in [-0.2, 0) is 14.9 Å². The quantitative estimate of drug-likeness (QED) is 0.339. The van der Waals surface area contributed by atoms with Gasteiger partial charge in [-0.3, -0.25) is 9.63 Å². The van der Waals surface area contributed by atoms with E-state index in [1.165, 1.54) is 57.5 Å². The Morgan fingerprint density at radius 2 is 1.64 bits per heavy atom. The van der Waals surface area contributed by atoms with Crippen molar-refractivity contribution in [2.24, 2.45) is 0 Å². The van der Waals surface area contributed by atoms with Crippen LogP contribution in [0.25, 0.3) is 0 Å². The summed E-state index contributed by atoms with van der Waals surface area (Å²) in [6.07, 6.45) is 0. The number of benzene rings is 2. The lowest BCUT2D eigenvalue weighted by molar-refractivity contribution is -0.0258. The molecule has 0 N–H and O–H groups in total. The van der Waals surface area contributed by atoms with Crippen LogP contribution in [-0.4, -0.2) is 38.8 Å². The van der Waals surface area contributed by atoms with Crippen LogP contribution in [0.3, 0.4) is 0 Å². The molecular weight excluding hydrogens is 346 g/mol. The van der Waals surface area contributed by atoms with Crippen molar-refractivity contribution in [3.05, 3.63) is 59.7 Å². The Hall–Kier alpha value is -2.55. The summed E-state index contributed by atoms with van der Waals surface area (Å²) in [4.78, 5) is 28.1. The lowest BCUT2D eigenvalue weighted by Gasteiger charge is -2.14. The molecule has 0 radical (unpaired) electrons. The highest BCUT2D eigenvalue weighted by Crippen LogP contribution is 2.18. The third-order valence-corrected chi connectivity index (χ3v) is 5.11. The Morgan fingerprint density at radius 3 is 2.20 bits per heavy atom. The zero-order chi connectivity index (χ0) is 18.6. The Balaban J connectivity index is 2.23. The molecule has 2 aromatic carbocycles. The van der Waals surface area contributed by atoms with Gasteiger partial charge in [-0.2, -0.15) is 0 Å². The highest BCUT2D eigenvalue weighted by atomic mass is 32.2. The third kappa shape index (κ3) is 4.30. The van der Waals surface area contributed by atoms with E-state index in [4.69, 9.17) is 9.57 Å². The first-order valence-corrected chi connectivity index (χ1v) is 8.66. The predicted octanol–water partition coefficient (Wildman–Crippen LogP) is 2.29. The summed E-state index contributed by atoms with van der Waals surface area (Å²) in [5, 5.41) is 0. The molecule has 0 saturated carbocycles. The molecule has 0 aliphatic heterocycles. The molecule has 2 rings (SSSR count). The molecule has 0 bridgehead atoms. The number of hydroxylamine groups is 1. The summed E-state index contributed by atoms with van der Waals surface area (Å²) in [6.45, 7) is 1.43. The highest BCUT2D eigenvalue weighted by molar-refractivity contribution is 7.89. The van der Waals surface area contributed by atoms with Gasteiger partial charge >= 0.3 is 5.97 Å². The number of hydrogen-bond acceptors (Lipinski definition) is 6. The summed E-state index contributed by atoms with van der Waals surface area (Å²) in [7, 11) is -1.40. The normalized spacial score (nSPS) is 11.4. The van der Waals surface area contributed by atoms with E-state index >= 15 is 0 Å².